The van der Waals surface area contributed by atoms with Crippen LogP contribution in [0.25, 0.3) is 0 Å². The first-order valence-corrected chi connectivity index (χ1v) is 29.4. The van der Waals surface area contributed by atoms with E-state index in [0.29, 0.717) is 13.1 Å². The van der Waals surface area contributed by atoms with Crippen LogP contribution in [-0.4, -0.2) is 38.3 Å². The summed E-state index contributed by atoms with van der Waals surface area (Å²) in [7, 11) is 3.56. The van der Waals surface area contributed by atoms with Crippen LogP contribution in [0.5, 0.6) is 0 Å². The van der Waals surface area contributed by atoms with Crippen LogP contribution in [0.1, 0.15) is 4.88 Å². The molecule has 3 aliphatic heterocycles. The molecule has 3 aliphatic rings. The van der Waals surface area contributed by atoms with Crippen LogP contribution in [0.3, 0.4) is 0 Å². The highest BCUT2D eigenvalue weighted by molar-refractivity contribution is 8.18. The molecular weight excluding hydrogens is 870 g/mol. The quantitative estimate of drug-likeness (QED) is 0.106. The molecule has 21 N–H and O–H groups in total. The highest BCUT2D eigenvalue weighted by atomic mass is 32.5. The first kappa shape index (κ1) is 49.0. The number of nitrogens with zero attached hydrogens (tertiary/aromatic N) is 4. The van der Waals surface area contributed by atoms with Crippen molar-refractivity contribution in [3.8, 4) is 0 Å². The van der Waals surface area contributed by atoms with E-state index in [1.165, 1.54) is 27.9 Å². The average Bonchev–Trinajstić information content (AvgIpc) is 3.51. The van der Waals surface area contributed by atoms with Gasteiger partial charge in [0.05, 0.1) is 0 Å². The number of nitrogens with one attached hydrogen (secondary N) is 1. The number of thiophene rings is 1. The lowest BCUT2D eigenvalue weighted by Crippen LogP contribution is -2.24. The summed E-state index contributed by atoms with van der Waals surface area (Å²) in [5.74, 6) is 0. The summed E-state index contributed by atoms with van der Waals surface area (Å²) in [5.41, 5.74) is 54.5. The van der Waals surface area contributed by atoms with Crippen molar-refractivity contribution in [2.45, 2.75) is 6.54 Å². The van der Waals surface area contributed by atoms with Gasteiger partial charge in [-0.2, -0.15) is 8.91 Å². The molecule has 0 saturated carbocycles. The van der Waals surface area contributed by atoms with E-state index in [1.54, 1.807) is 69.1 Å². The number of hydroxylamine groups is 1. The summed E-state index contributed by atoms with van der Waals surface area (Å²) < 4.78 is 9.92. The standard InChI is InChI=1S/C5H10N3PS2.C4H8N3OPS.C4H8N3PS2.C3H8N3OPS2.C2H10N3PS/c6-9(7,10)8-4-5-2-1-3-11-5;5-9(6,10)7-3-1-2-4-8-7;5-8(6,9)7-3-1-2-4-10-7;4-8(5,9)6-2-1-3-7-10-6;1-5(2)6(3,4)7/h1-3H,4H2,(H5,6,7,8,10);1-4H,(H4,5,6,10);1-4H,(H4,5,6,9);1,3H,2H2,(H4,4,5,9);1-2H3,(H4,3,4,7). The Morgan fingerprint density at radius 3 is 1.73 bits per heavy atom. The zero-order chi connectivity index (χ0) is 37.2. The molecule has 0 radical (unpaired) electrons. The fourth-order valence-electron chi connectivity index (χ4n) is 2.03. The molecule has 0 unspecified atom stereocenters. The van der Waals surface area contributed by atoms with Crippen LogP contribution in [0.2, 0.25) is 0 Å². The second-order valence-electron chi connectivity index (χ2n) is 8.89. The van der Waals surface area contributed by atoms with Crippen molar-refractivity contribution in [1.82, 2.24) is 22.7 Å². The van der Waals surface area contributed by atoms with Crippen LogP contribution in [0.4, 0.5) is 0 Å². The molecule has 276 valence electrons. The molecule has 4 heterocycles. The second kappa shape index (κ2) is 23.6. The molecule has 0 bridgehead atoms. The Bertz CT molecular complexity index is 1430. The van der Waals surface area contributed by atoms with Crippen molar-refractivity contribution >= 4 is 127 Å². The monoisotopic (exact) mass is 913 g/mol. The first-order valence-electron chi connectivity index (χ1n) is 12.5. The zero-order valence-corrected chi connectivity index (χ0v) is 36.8. The minimum absolute atomic E-state index is 0.662. The number of allylic oxidation sites excluding steroid dienone is 4. The molecule has 48 heavy (non-hydrogen) atoms. The van der Waals surface area contributed by atoms with Gasteiger partial charge < -0.3 is 9.02 Å². The highest BCUT2D eigenvalue weighted by Crippen LogP contribution is 2.41. The summed E-state index contributed by atoms with van der Waals surface area (Å²) in [6.45, 7) is -9.92. The van der Waals surface area contributed by atoms with Crippen LogP contribution in [0.15, 0.2) is 78.2 Å². The van der Waals surface area contributed by atoms with Gasteiger partial charge in [-0.1, -0.05) is 12.1 Å². The third kappa shape index (κ3) is 25.9. The predicted molar refractivity (Wildman–Crippen MR) is 232 cm³/mol. The van der Waals surface area contributed by atoms with Crippen LogP contribution in [-0.2, 0) is 74.6 Å². The lowest BCUT2D eigenvalue weighted by molar-refractivity contribution is 0.0316. The fraction of sp³-hybridized carbons (Fsp3) is 0.222. The van der Waals surface area contributed by atoms with Crippen LogP contribution in [0, 0.1) is 0 Å². The van der Waals surface area contributed by atoms with E-state index in [0.717, 1.165) is 12.2 Å². The van der Waals surface area contributed by atoms with E-state index in [4.69, 9.17) is 123 Å². The molecule has 1 aromatic rings. The van der Waals surface area contributed by atoms with Gasteiger partial charge in [-0.05, 0) is 126 Å². The Balaban J connectivity index is 0.000000580. The summed E-state index contributed by atoms with van der Waals surface area (Å²) >= 11 is 28.3. The van der Waals surface area contributed by atoms with E-state index in [2.05, 4.69) is 5.09 Å². The molecular formula is C18H44N15O2P5S8. The van der Waals surface area contributed by atoms with Crippen molar-refractivity contribution in [3.63, 3.8) is 0 Å². The van der Waals surface area contributed by atoms with E-state index in [9.17, 15) is 0 Å². The third-order valence-electron chi connectivity index (χ3n) is 4.36. The third-order valence-corrected chi connectivity index (χ3v) is 16.4. The Morgan fingerprint density at radius 2 is 1.44 bits per heavy atom. The minimum Gasteiger partial charge on any atom is -0.417 e. The molecule has 0 atom stereocenters. The maximum absolute atomic E-state index is 5.53. The lowest BCUT2D eigenvalue weighted by Gasteiger charge is -2.25. The van der Waals surface area contributed by atoms with Gasteiger partial charge >= 0.3 is 0 Å². The highest BCUT2D eigenvalue weighted by Gasteiger charge is 2.19. The molecule has 0 aromatic carbocycles. The second-order valence-corrected chi connectivity index (χ2v) is 30.2. The predicted octanol–water partition coefficient (Wildman–Crippen LogP) is 2.73. The van der Waals surface area contributed by atoms with Crippen molar-refractivity contribution in [2.75, 3.05) is 20.6 Å². The largest absolute Gasteiger partial charge is 0.417 e. The molecule has 0 aliphatic carbocycles. The Morgan fingerprint density at radius 1 is 0.833 bits per heavy atom. The molecule has 17 nitrogen and oxygen atoms in total. The van der Waals surface area contributed by atoms with Gasteiger partial charge in [0.25, 0.3) is 0 Å². The fourth-order valence-corrected chi connectivity index (χ4v) is 7.83. The van der Waals surface area contributed by atoms with E-state index >= 15 is 0 Å². The molecule has 4 rings (SSSR count). The van der Waals surface area contributed by atoms with Crippen LogP contribution < -0.4 is 60.1 Å². The summed E-state index contributed by atoms with van der Waals surface area (Å²) in [5, 5.41) is 6.81. The summed E-state index contributed by atoms with van der Waals surface area (Å²) in [6, 6.07) is 4.00. The van der Waals surface area contributed by atoms with Crippen molar-refractivity contribution in [2.24, 2.45) is 55.0 Å². The number of nitrogens with two attached hydrogens (primary N) is 10. The lowest BCUT2D eigenvalue weighted by atomic mass is 10.5. The molecule has 0 fully saturated rings. The van der Waals surface area contributed by atoms with E-state index in [1.807, 2.05) is 41.1 Å². The van der Waals surface area contributed by atoms with Gasteiger partial charge in [-0.15, -0.1) is 11.3 Å². The average molecular weight is 914 g/mol. The van der Waals surface area contributed by atoms with Gasteiger partial charge in [0.2, 0.25) is 0 Å². The minimum atomic E-state index is -2.43. The maximum Gasteiger partial charge on any atom is 0.192 e. The molecule has 1 aromatic heterocycles. The molecule has 0 spiro atoms. The maximum atomic E-state index is 5.53. The SMILES string of the molecule is CN(C)P(N)(N)=S.NP(N)(=S)N1C=CC=CO1.NP(N)(=S)N1C=CC=CS1.NP(N)(=S)N1CC=COS1.NP(N)(=S)NCc1cccs1. The molecule has 0 saturated heterocycles. The number of hydrogen-bond acceptors (Lipinski definition) is 10. The number of hydrogen-bond donors (Lipinski definition) is 11. The van der Waals surface area contributed by atoms with Crippen LogP contribution >= 0.6 is 68.0 Å². The normalized spacial score (nSPS) is 16.2. The summed E-state index contributed by atoms with van der Waals surface area (Å²) in [4.78, 5) is 7.40. The summed E-state index contributed by atoms with van der Waals surface area (Å²) in [6.07, 6.45) is 15.5. The van der Waals surface area contributed by atoms with Gasteiger partial charge in [-0.25, -0.2) is 0 Å². The Labute approximate surface area is 321 Å². The van der Waals surface area contributed by atoms with E-state index < -0.39 is 32.4 Å². The molecule has 30 heteroatoms. The zero-order valence-electron chi connectivity index (χ0n) is 25.8. The van der Waals surface area contributed by atoms with Crippen molar-refractivity contribution < 1.29 is 9.02 Å². The first-order chi connectivity index (χ1) is 21.8. The van der Waals surface area contributed by atoms with Crippen molar-refractivity contribution in [1.29, 1.82) is 0 Å². The Kier molecular flexibility index (Phi) is 24.2. The molecule has 0 amide bonds. The number of rotatable bonds is 7. The topological polar surface area (TPSA) is 304 Å². The van der Waals surface area contributed by atoms with Crippen molar-refractivity contribution in [3.05, 3.63) is 83.1 Å². The van der Waals surface area contributed by atoms with Gasteiger partial charge in [0, 0.05) is 30.4 Å². The van der Waals surface area contributed by atoms with Gasteiger partial charge in [0.1, 0.15) is 32.0 Å². The smallest absolute Gasteiger partial charge is 0.192 e. The Hall–Kier alpha value is 1.03. The van der Waals surface area contributed by atoms with Gasteiger partial charge in [-0.3, -0.25) is 68.9 Å². The van der Waals surface area contributed by atoms with E-state index in [-0.39, 0.29) is 0 Å². The van der Waals surface area contributed by atoms with Gasteiger partial charge in [0.15, 0.2) is 25.2 Å².